The number of ether oxygens (including phenoxy) is 1. The van der Waals surface area contributed by atoms with Crippen molar-refractivity contribution in [2.45, 2.75) is 19.4 Å². The van der Waals surface area contributed by atoms with Crippen molar-refractivity contribution in [1.82, 2.24) is 29.7 Å². The predicted molar refractivity (Wildman–Crippen MR) is 106 cm³/mol. The molecular formula is C19H22N8O2. The summed E-state index contributed by atoms with van der Waals surface area (Å²) in [5.74, 6) is 1.10. The lowest BCUT2D eigenvalue weighted by Gasteiger charge is -2.41. The first kappa shape index (κ1) is 17.8. The molecule has 0 radical (unpaired) electrons. The van der Waals surface area contributed by atoms with E-state index < -0.39 is 0 Å². The molecule has 10 heteroatoms. The summed E-state index contributed by atoms with van der Waals surface area (Å²) in [6.45, 7) is 3.84. The molecule has 2 aliphatic rings. The highest BCUT2D eigenvalue weighted by molar-refractivity contribution is 6.02. The topological polar surface area (TPSA) is 110 Å². The quantitative estimate of drug-likeness (QED) is 0.657. The van der Waals surface area contributed by atoms with E-state index in [4.69, 9.17) is 4.74 Å². The predicted octanol–water partition coefficient (Wildman–Crippen LogP) is 0.887. The van der Waals surface area contributed by atoms with Gasteiger partial charge in [-0.1, -0.05) is 0 Å². The Labute approximate surface area is 167 Å². The number of anilines is 2. The number of methoxy groups -OCH3 is 1. The average Bonchev–Trinajstić information content (AvgIpc) is 3.32. The first-order chi connectivity index (χ1) is 14.0. The smallest absolute Gasteiger partial charge is 0.277 e. The Kier molecular flexibility index (Phi) is 3.91. The van der Waals surface area contributed by atoms with E-state index in [1.165, 1.54) is 19.7 Å². The molecule has 4 heterocycles. The zero-order chi connectivity index (χ0) is 20.2. The van der Waals surface area contributed by atoms with Gasteiger partial charge >= 0.3 is 0 Å². The van der Waals surface area contributed by atoms with Gasteiger partial charge in [-0.05, 0) is 20.4 Å². The minimum Gasteiger partial charge on any atom is -0.478 e. The number of hydrogen-bond donors (Lipinski definition) is 2. The SMILES string of the molecule is CN[C@@H]1CC12CN(c1cnc(C(=O)Nc3cn4cc(C)nc4c(OC)n3)cn1)C2. The Hall–Kier alpha value is -3.27. The summed E-state index contributed by atoms with van der Waals surface area (Å²) in [6, 6.07) is 0.609. The zero-order valence-electron chi connectivity index (χ0n) is 16.5. The van der Waals surface area contributed by atoms with E-state index >= 15 is 0 Å². The van der Waals surface area contributed by atoms with E-state index in [2.05, 4.69) is 35.5 Å². The zero-order valence-corrected chi connectivity index (χ0v) is 16.5. The number of hydrogen-bond acceptors (Lipinski definition) is 8. The molecule has 150 valence electrons. The number of imidazole rings is 1. The second-order valence-corrected chi connectivity index (χ2v) is 7.73. The molecule has 1 aliphatic heterocycles. The molecule has 3 aromatic rings. The van der Waals surface area contributed by atoms with Crippen LogP contribution >= 0.6 is 0 Å². The lowest BCUT2D eigenvalue weighted by atomic mass is 9.96. The van der Waals surface area contributed by atoms with Crippen LogP contribution in [0.1, 0.15) is 22.6 Å². The fraction of sp³-hybridized carbons (Fsp3) is 0.421. The minimum atomic E-state index is -0.382. The van der Waals surface area contributed by atoms with Crippen molar-refractivity contribution in [3.05, 3.63) is 36.2 Å². The monoisotopic (exact) mass is 394 g/mol. The van der Waals surface area contributed by atoms with E-state index in [0.717, 1.165) is 24.6 Å². The first-order valence-electron chi connectivity index (χ1n) is 9.47. The fourth-order valence-corrected chi connectivity index (χ4v) is 4.05. The Morgan fingerprint density at radius 2 is 2.07 bits per heavy atom. The highest BCUT2D eigenvalue weighted by atomic mass is 16.5. The van der Waals surface area contributed by atoms with Crippen LogP contribution in [0.25, 0.3) is 5.65 Å². The van der Waals surface area contributed by atoms with Gasteiger partial charge in [0.2, 0.25) is 5.65 Å². The number of nitrogens with one attached hydrogen (secondary N) is 2. The summed E-state index contributed by atoms with van der Waals surface area (Å²) < 4.78 is 7.05. The molecule has 3 aromatic heterocycles. The molecule has 0 bridgehead atoms. The van der Waals surface area contributed by atoms with Crippen LogP contribution in [0, 0.1) is 12.3 Å². The van der Waals surface area contributed by atoms with Crippen molar-refractivity contribution >= 4 is 23.2 Å². The Morgan fingerprint density at radius 1 is 1.24 bits per heavy atom. The maximum atomic E-state index is 12.6. The van der Waals surface area contributed by atoms with Crippen LogP contribution in [-0.2, 0) is 0 Å². The first-order valence-corrected chi connectivity index (χ1v) is 9.47. The lowest BCUT2D eigenvalue weighted by molar-refractivity contribution is 0.102. The summed E-state index contributed by atoms with van der Waals surface area (Å²) in [4.78, 5) is 32.1. The van der Waals surface area contributed by atoms with E-state index in [1.54, 1.807) is 16.8 Å². The highest BCUT2D eigenvalue weighted by Crippen LogP contribution is 2.53. The number of aryl methyl sites for hydroxylation is 1. The lowest BCUT2D eigenvalue weighted by Crippen LogP contribution is -2.52. The molecule has 2 fully saturated rings. The van der Waals surface area contributed by atoms with Crippen molar-refractivity contribution in [3.63, 3.8) is 0 Å². The summed E-state index contributed by atoms with van der Waals surface area (Å²) in [7, 11) is 3.52. The Balaban J connectivity index is 1.28. The number of carbonyl (C=O) groups excluding carboxylic acids is 1. The molecule has 0 unspecified atom stereocenters. The number of amides is 1. The number of carbonyl (C=O) groups is 1. The molecule has 1 saturated heterocycles. The summed E-state index contributed by atoms with van der Waals surface area (Å²) in [5, 5.41) is 6.08. The third-order valence-corrected chi connectivity index (χ3v) is 5.71. The molecule has 29 heavy (non-hydrogen) atoms. The molecule has 1 amide bonds. The second-order valence-electron chi connectivity index (χ2n) is 7.73. The van der Waals surface area contributed by atoms with Gasteiger partial charge in [0.1, 0.15) is 11.5 Å². The molecule has 1 atom stereocenters. The Bertz CT molecular complexity index is 1090. The summed E-state index contributed by atoms with van der Waals surface area (Å²) >= 11 is 0. The van der Waals surface area contributed by atoms with Gasteiger partial charge in [0.25, 0.3) is 11.8 Å². The van der Waals surface area contributed by atoms with Crippen molar-refractivity contribution in [2.75, 3.05) is 37.5 Å². The summed E-state index contributed by atoms with van der Waals surface area (Å²) in [5.41, 5.74) is 2.05. The molecule has 1 spiro atoms. The van der Waals surface area contributed by atoms with Crippen LogP contribution in [0.2, 0.25) is 0 Å². The van der Waals surface area contributed by atoms with Gasteiger partial charge in [-0.3, -0.25) is 9.20 Å². The van der Waals surface area contributed by atoms with Gasteiger partial charge in [0.05, 0.1) is 31.4 Å². The second kappa shape index (κ2) is 6.38. The van der Waals surface area contributed by atoms with Gasteiger partial charge in [-0.2, -0.15) is 4.98 Å². The molecule has 2 N–H and O–H groups in total. The Morgan fingerprint density at radius 3 is 2.72 bits per heavy atom. The largest absolute Gasteiger partial charge is 0.478 e. The number of aromatic nitrogens is 5. The van der Waals surface area contributed by atoms with E-state index in [1.807, 2.05) is 20.2 Å². The van der Waals surface area contributed by atoms with Crippen LogP contribution in [-0.4, -0.2) is 63.5 Å². The fourth-order valence-electron chi connectivity index (χ4n) is 4.05. The molecule has 1 saturated carbocycles. The van der Waals surface area contributed by atoms with Crippen LogP contribution in [0.4, 0.5) is 11.6 Å². The van der Waals surface area contributed by atoms with Gasteiger partial charge in [0.15, 0.2) is 5.82 Å². The molecular weight excluding hydrogens is 372 g/mol. The van der Waals surface area contributed by atoms with Crippen LogP contribution in [0.15, 0.2) is 24.8 Å². The number of rotatable bonds is 5. The van der Waals surface area contributed by atoms with Crippen molar-refractivity contribution < 1.29 is 9.53 Å². The maximum absolute atomic E-state index is 12.6. The maximum Gasteiger partial charge on any atom is 0.277 e. The van der Waals surface area contributed by atoms with Gasteiger partial charge in [0, 0.05) is 30.7 Å². The van der Waals surface area contributed by atoms with E-state index in [9.17, 15) is 4.79 Å². The molecule has 5 rings (SSSR count). The van der Waals surface area contributed by atoms with Crippen molar-refractivity contribution in [1.29, 1.82) is 0 Å². The van der Waals surface area contributed by atoms with Gasteiger partial charge in [-0.15, -0.1) is 0 Å². The molecule has 10 nitrogen and oxygen atoms in total. The average molecular weight is 394 g/mol. The molecule has 1 aliphatic carbocycles. The third-order valence-electron chi connectivity index (χ3n) is 5.71. The van der Waals surface area contributed by atoms with Crippen LogP contribution < -0.4 is 20.3 Å². The minimum absolute atomic E-state index is 0.228. The highest BCUT2D eigenvalue weighted by Gasteiger charge is 2.61. The standard InChI is InChI=1S/C19H22N8O2/c1-11-7-26-8-14(25-18(29-3)16(26)23-11)24-17(28)12-5-22-15(6-21-12)27-9-19(10-27)4-13(19)20-2/h5-8,13,20H,4,9-10H2,1-3H3,(H,24,28)/t13-/m1/s1. The normalized spacial score (nSPS) is 19.3. The number of fused-ring (bicyclic) bond motifs is 1. The molecule has 0 aromatic carbocycles. The van der Waals surface area contributed by atoms with E-state index in [-0.39, 0.29) is 11.6 Å². The summed E-state index contributed by atoms with van der Waals surface area (Å²) in [6.07, 6.45) is 7.88. The van der Waals surface area contributed by atoms with E-state index in [0.29, 0.717) is 28.8 Å². The number of nitrogens with zero attached hydrogens (tertiary/aromatic N) is 6. The van der Waals surface area contributed by atoms with Gasteiger partial charge in [-0.25, -0.2) is 15.0 Å². The van der Waals surface area contributed by atoms with Crippen molar-refractivity contribution in [3.8, 4) is 5.88 Å². The van der Waals surface area contributed by atoms with Gasteiger partial charge < -0.3 is 20.3 Å². The van der Waals surface area contributed by atoms with Crippen LogP contribution in [0.3, 0.4) is 0 Å². The van der Waals surface area contributed by atoms with Crippen molar-refractivity contribution in [2.24, 2.45) is 5.41 Å². The third kappa shape index (κ3) is 2.96. The van der Waals surface area contributed by atoms with Crippen LogP contribution in [0.5, 0.6) is 5.88 Å².